The van der Waals surface area contributed by atoms with Crippen molar-refractivity contribution in [2.24, 2.45) is 5.92 Å². The number of hydrogen-bond donors (Lipinski definition) is 1. The fourth-order valence-electron chi connectivity index (χ4n) is 2.53. The number of nitro groups is 1. The molecule has 7 heteroatoms. The Morgan fingerprint density at radius 3 is 3.00 bits per heavy atom. The largest absolute Gasteiger partial charge is 0.338 e. The molecular weight excluding hydrogens is 290 g/mol. The Labute approximate surface area is 128 Å². The van der Waals surface area contributed by atoms with E-state index in [-0.39, 0.29) is 10.9 Å². The number of nitrogens with zero attached hydrogens (tertiary/aromatic N) is 2. The number of carbonyl (C=O) groups excluding carboxylic acids is 1. The van der Waals surface area contributed by atoms with Crippen LogP contribution in [0.1, 0.15) is 37.0 Å². The third-order valence-electron chi connectivity index (χ3n) is 3.63. The average molecular weight is 311 g/mol. The third-order valence-corrected chi connectivity index (χ3v) is 4.51. The number of thiophene rings is 1. The summed E-state index contributed by atoms with van der Waals surface area (Å²) in [5.41, 5.74) is 0.434. The molecule has 1 unspecified atom stereocenters. The lowest BCUT2D eigenvalue weighted by Gasteiger charge is -2.33. The quantitative estimate of drug-likeness (QED) is 0.669. The van der Waals surface area contributed by atoms with Crippen LogP contribution in [0.25, 0.3) is 0 Å². The summed E-state index contributed by atoms with van der Waals surface area (Å²) < 4.78 is 0. The van der Waals surface area contributed by atoms with Gasteiger partial charge >= 0.3 is 5.00 Å². The first-order valence-electron chi connectivity index (χ1n) is 7.23. The van der Waals surface area contributed by atoms with Crippen LogP contribution in [0.2, 0.25) is 0 Å². The highest BCUT2D eigenvalue weighted by Gasteiger charge is 2.26. The third kappa shape index (κ3) is 4.25. The lowest BCUT2D eigenvalue weighted by molar-refractivity contribution is -0.380. The second-order valence-corrected chi connectivity index (χ2v) is 6.64. The molecule has 0 aliphatic carbocycles. The van der Waals surface area contributed by atoms with Crippen molar-refractivity contribution in [2.45, 2.75) is 32.7 Å². The topological polar surface area (TPSA) is 75.5 Å². The standard InChI is InChI=1S/C14H21N3O3S/c1-10(2)15-7-11-4-3-5-16(8-11)14(18)12-6-13(17(19)20)21-9-12/h6,9-11,15H,3-5,7-8H2,1-2H3. The first-order chi connectivity index (χ1) is 9.97. The summed E-state index contributed by atoms with van der Waals surface area (Å²) in [6, 6.07) is 1.82. The molecule has 1 atom stereocenters. The Morgan fingerprint density at radius 1 is 1.62 bits per heavy atom. The molecule has 1 amide bonds. The van der Waals surface area contributed by atoms with Gasteiger partial charge in [-0.25, -0.2) is 0 Å². The zero-order chi connectivity index (χ0) is 15.4. The van der Waals surface area contributed by atoms with Gasteiger partial charge in [-0.05, 0) is 25.3 Å². The van der Waals surface area contributed by atoms with E-state index in [1.54, 1.807) is 5.38 Å². The highest BCUT2D eigenvalue weighted by atomic mass is 32.1. The van der Waals surface area contributed by atoms with Crippen LogP contribution < -0.4 is 5.32 Å². The predicted molar refractivity (Wildman–Crippen MR) is 82.7 cm³/mol. The number of likely N-dealkylation sites (tertiary alicyclic amines) is 1. The summed E-state index contributed by atoms with van der Waals surface area (Å²) in [5, 5.41) is 15.7. The average Bonchev–Trinajstić information content (AvgIpc) is 2.94. The number of carbonyl (C=O) groups is 1. The smallest absolute Gasteiger partial charge is 0.324 e. The van der Waals surface area contributed by atoms with Gasteiger partial charge in [-0.1, -0.05) is 25.2 Å². The van der Waals surface area contributed by atoms with E-state index in [4.69, 9.17) is 0 Å². The van der Waals surface area contributed by atoms with Crippen molar-refractivity contribution in [2.75, 3.05) is 19.6 Å². The number of hydrogen-bond acceptors (Lipinski definition) is 5. The zero-order valence-electron chi connectivity index (χ0n) is 12.4. The van der Waals surface area contributed by atoms with Crippen LogP contribution in [0.3, 0.4) is 0 Å². The van der Waals surface area contributed by atoms with Gasteiger partial charge in [-0.3, -0.25) is 14.9 Å². The predicted octanol–water partition coefficient (Wildman–Crippen LogP) is 2.51. The van der Waals surface area contributed by atoms with Gasteiger partial charge in [0.25, 0.3) is 5.91 Å². The van der Waals surface area contributed by atoms with Gasteiger partial charge in [0.2, 0.25) is 0 Å². The molecule has 1 N–H and O–H groups in total. The van der Waals surface area contributed by atoms with E-state index >= 15 is 0 Å². The molecule has 1 aromatic rings. The summed E-state index contributed by atoms with van der Waals surface area (Å²) in [5.74, 6) is 0.368. The molecule has 1 saturated heterocycles. The van der Waals surface area contributed by atoms with E-state index in [1.807, 2.05) is 4.90 Å². The van der Waals surface area contributed by atoms with Crippen molar-refractivity contribution < 1.29 is 9.72 Å². The van der Waals surface area contributed by atoms with Gasteiger partial charge < -0.3 is 10.2 Å². The molecule has 116 valence electrons. The maximum Gasteiger partial charge on any atom is 0.324 e. The second-order valence-electron chi connectivity index (χ2n) is 5.75. The maximum absolute atomic E-state index is 12.4. The second kappa shape index (κ2) is 7.00. The summed E-state index contributed by atoms with van der Waals surface area (Å²) in [7, 11) is 0. The van der Waals surface area contributed by atoms with E-state index in [2.05, 4.69) is 19.2 Å². The van der Waals surface area contributed by atoms with Crippen molar-refractivity contribution in [3.05, 3.63) is 27.1 Å². The maximum atomic E-state index is 12.4. The number of rotatable bonds is 5. The molecule has 1 fully saturated rings. The summed E-state index contributed by atoms with van der Waals surface area (Å²) in [4.78, 5) is 24.5. The minimum atomic E-state index is -0.451. The van der Waals surface area contributed by atoms with Crippen LogP contribution in [0, 0.1) is 16.0 Å². The molecule has 0 saturated carbocycles. The van der Waals surface area contributed by atoms with Gasteiger partial charge in [-0.2, -0.15) is 0 Å². The molecule has 0 spiro atoms. The number of amides is 1. The van der Waals surface area contributed by atoms with E-state index in [0.717, 1.165) is 43.8 Å². The van der Waals surface area contributed by atoms with E-state index in [0.29, 0.717) is 17.5 Å². The molecule has 6 nitrogen and oxygen atoms in total. The van der Waals surface area contributed by atoms with Gasteiger partial charge in [0.05, 0.1) is 10.5 Å². The van der Waals surface area contributed by atoms with E-state index < -0.39 is 4.92 Å². The molecule has 1 aromatic heterocycles. The highest BCUT2D eigenvalue weighted by Crippen LogP contribution is 2.25. The van der Waals surface area contributed by atoms with Crippen LogP contribution >= 0.6 is 11.3 Å². The van der Waals surface area contributed by atoms with Gasteiger partial charge in [0.1, 0.15) is 0 Å². The van der Waals surface area contributed by atoms with Crippen LogP contribution in [-0.2, 0) is 0 Å². The van der Waals surface area contributed by atoms with Crippen molar-refractivity contribution in [3.8, 4) is 0 Å². The molecule has 1 aliphatic heterocycles. The normalized spacial score (nSPS) is 19.0. The van der Waals surface area contributed by atoms with Crippen molar-refractivity contribution in [1.82, 2.24) is 10.2 Å². The number of piperidine rings is 1. The Hall–Kier alpha value is -1.47. The minimum Gasteiger partial charge on any atom is -0.338 e. The first-order valence-corrected chi connectivity index (χ1v) is 8.11. The molecule has 2 rings (SSSR count). The van der Waals surface area contributed by atoms with Crippen LogP contribution in [0.5, 0.6) is 0 Å². The Balaban J connectivity index is 1.96. The molecule has 1 aliphatic rings. The van der Waals surface area contributed by atoms with Gasteiger partial charge in [-0.15, -0.1) is 0 Å². The molecule has 2 heterocycles. The molecule has 0 bridgehead atoms. The van der Waals surface area contributed by atoms with Crippen LogP contribution in [0.15, 0.2) is 11.4 Å². The Kier molecular flexibility index (Phi) is 5.30. The molecule has 0 radical (unpaired) electrons. The summed E-state index contributed by atoms with van der Waals surface area (Å²) in [6.07, 6.45) is 2.11. The van der Waals surface area contributed by atoms with Crippen molar-refractivity contribution >= 4 is 22.2 Å². The number of nitrogens with one attached hydrogen (secondary N) is 1. The van der Waals surface area contributed by atoms with E-state index in [9.17, 15) is 14.9 Å². The highest BCUT2D eigenvalue weighted by molar-refractivity contribution is 7.13. The molecule has 21 heavy (non-hydrogen) atoms. The van der Waals surface area contributed by atoms with Gasteiger partial charge in [0, 0.05) is 30.6 Å². The van der Waals surface area contributed by atoms with E-state index in [1.165, 1.54) is 6.07 Å². The fourth-order valence-corrected chi connectivity index (χ4v) is 3.23. The Bertz CT molecular complexity index is 515. The fraction of sp³-hybridized carbons (Fsp3) is 0.643. The monoisotopic (exact) mass is 311 g/mol. The van der Waals surface area contributed by atoms with Crippen LogP contribution in [-0.4, -0.2) is 41.4 Å². The minimum absolute atomic E-state index is 0.0217. The van der Waals surface area contributed by atoms with Crippen molar-refractivity contribution in [3.63, 3.8) is 0 Å². The SMILES string of the molecule is CC(C)NCC1CCCN(C(=O)c2csc([N+](=O)[O-])c2)C1. The lowest BCUT2D eigenvalue weighted by Crippen LogP contribution is -2.43. The summed E-state index contributed by atoms with van der Waals surface area (Å²) in [6.45, 7) is 6.58. The van der Waals surface area contributed by atoms with Crippen molar-refractivity contribution in [1.29, 1.82) is 0 Å². The Morgan fingerprint density at radius 2 is 2.38 bits per heavy atom. The molecular formula is C14H21N3O3S. The van der Waals surface area contributed by atoms with Crippen LogP contribution in [0.4, 0.5) is 5.00 Å². The van der Waals surface area contributed by atoms with Gasteiger partial charge in [0.15, 0.2) is 0 Å². The summed E-state index contributed by atoms with van der Waals surface area (Å²) >= 11 is 1.01. The first kappa shape index (κ1) is 15.9. The zero-order valence-corrected chi connectivity index (χ0v) is 13.2. The lowest BCUT2D eigenvalue weighted by atomic mass is 9.97. The molecule has 0 aromatic carbocycles.